The van der Waals surface area contributed by atoms with Crippen LogP contribution < -0.4 is 0 Å². The van der Waals surface area contributed by atoms with Crippen molar-refractivity contribution in [2.45, 2.75) is 32.2 Å². The summed E-state index contributed by atoms with van der Waals surface area (Å²) in [5.41, 5.74) is 3.96. The summed E-state index contributed by atoms with van der Waals surface area (Å²) in [4.78, 5) is 28.5. The van der Waals surface area contributed by atoms with Crippen molar-refractivity contribution in [1.82, 2.24) is 24.3 Å². The van der Waals surface area contributed by atoms with Crippen LogP contribution >= 0.6 is 11.3 Å². The van der Waals surface area contributed by atoms with E-state index in [2.05, 4.69) is 9.97 Å². The number of aryl methyl sites for hydroxylation is 1. The van der Waals surface area contributed by atoms with Crippen LogP contribution in [-0.4, -0.2) is 36.7 Å². The van der Waals surface area contributed by atoms with E-state index in [1.807, 2.05) is 52.1 Å². The van der Waals surface area contributed by atoms with Crippen LogP contribution in [0.15, 0.2) is 35.8 Å². The molecule has 6 nitrogen and oxygen atoms in total. The number of carbonyl (C=O) groups excluding carboxylic acids is 1. The monoisotopic (exact) mass is 365 g/mol. The predicted octanol–water partition coefficient (Wildman–Crippen LogP) is 3.49. The standard InChI is InChI=1S/C19H19N5OS/c1-12-10-24-13(11-26-19(24)20-12)9-17(25)23-8-4-7-16(23)18-21-14-5-2-3-6-15(14)22-18/h2-3,5-6,10-11,16H,4,7-9H2,1H3,(H,21,22). The number of benzene rings is 1. The first-order valence-corrected chi connectivity index (χ1v) is 9.73. The predicted molar refractivity (Wildman–Crippen MR) is 101 cm³/mol. The van der Waals surface area contributed by atoms with E-state index in [0.29, 0.717) is 6.42 Å². The number of nitrogens with zero attached hydrogens (tertiary/aromatic N) is 4. The van der Waals surface area contributed by atoms with Crippen molar-refractivity contribution in [3.63, 3.8) is 0 Å². The van der Waals surface area contributed by atoms with E-state index in [0.717, 1.165) is 52.6 Å². The molecule has 1 saturated heterocycles. The number of amides is 1. The summed E-state index contributed by atoms with van der Waals surface area (Å²) >= 11 is 1.58. The van der Waals surface area contributed by atoms with Gasteiger partial charge in [0.05, 0.1) is 29.2 Å². The van der Waals surface area contributed by atoms with Crippen LogP contribution in [-0.2, 0) is 11.2 Å². The molecular formula is C19H19N5OS. The number of thiazole rings is 1. The molecule has 1 N–H and O–H groups in total. The molecule has 0 aliphatic carbocycles. The minimum absolute atomic E-state index is 0.0357. The lowest BCUT2D eigenvalue weighted by molar-refractivity contribution is -0.131. The molecule has 5 rings (SSSR count). The number of carbonyl (C=O) groups is 1. The Labute approximate surface area is 154 Å². The summed E-state index contributed by atoms with van der Waals surface area (Å²) in [5.74, 6) is 1.05. The Morgan fingerprint density at radius 2 is 2.23 bits per heavy atom. The van der Waals surface area contributed by atoms with Gasteiger partial charge < -0.3 is 9.88 Å². The number of hydrogen-bond donors (Lipinski definition) is 1. The maximum absolute atomic E-state index is 13.0. The highest BCUT2D eigenvalue weighted by atomic mass is 32.1. The topological polar surface area (TPSA) is 66.3 Å². The molecule has 0 radical (unpaired) electrons. The number of imidazole rings is 2. The summed E-state index contributed by atoms with van der Waals surface area (Å²) in [5, 5.41) is 2.03. The van der Waals surface area contributed by atoms with Crippen molar-refractivity contribution in [1.29, 1.82) is 0 Å². The van der Waals surface area contributed by atoms with Gasteiger partial charge >= 0.3 is 0 Å². The van der Waals surface area contributed by atoms with Crippen LogP contribution in [0.5, 0.6) is 0 Å². The summed E-state index contributed by atoms with van der Waals surface area (Å²) in [6.45, 7) is 2.76. The van der Waals surface area contributed by atoms with E-state index in [-0.39, 0.29) is 11.9 Å². The molecule has 132 valence electrons. The molecule has 1 aromatic carbocycles. The summed E-state index contributed by atoms with van der Waals surface area (Å²) < 4.78 is 2.03. The zero-order valence-corrected chi connectivity index (χ0v) is 15.3. The molecular weight excluding hydrogens is 346 g/mol. The minimum atomic E-state index is 0.0357. The van der Waals surface area contributed by atoms with Gasteiger partial charge in [0.25, 0.3) is 0 Å². The number of para-hydroxylation sites is 2. The number of aromatic nitrogens is 4. The fourth-order valence-corrected chi connectivity index (χ4v) is 4.72. The van der Waals surface area contributed by atoms with E-state index in [1.165, 1.54) is 0 Å². The molecule has 1 atom stereocenters. The molecule has 1 fully saturated rings. The summed E-state index contributed by atoms with van der Waals surface area (Å²) in [7, 11) is 0. The molecule has 4 aromatic rings. The first kappa shape index (κ1) is 15.6. The first-order chi connectivity index (χ1) is 12.7. The van der Waals surface area contributed by atoms with Gasteiger partial charge in [-0.25, -0.2) is 9.97 Å². The van der Waals surface area contributed by atoms with Crippen molar-refractivity contribution in [2.75, 3.05) is 6.54 Å². The molecule has 0 saturated carbocycles. The maximum atomic E-state index is 13.0. The Kier molecular flexibility index (Phi) is 3.56. The SMILES string of the molecule is Cc1cn2c(CC(=O)N3CCCC3c3nc4ccccc4[nH]3)csc2n1. The highest BCUT2D eigenvalue weighted by Crippen LogP contribution is 2.32. The van der Waals surface area contributed by atoms with E-state index >= 15 is 0 Å². The number of likely N-dealkylation sites (tertiary alicyclic amines) is 1. The quantitative estimate of drug-likeness (QED) is 0.604. The zero-order valence-electron chi connectivity index (χ0n) is 14.5. The molecule has 1 unspecified atom stereocenters. The average Bonchev–Trinajstić information content (AvgIpc) is 3.37. The fraction of sp³-hybridized carbons (Fsp3) is 0.316. The van der Waals surface area contributed by atoms with Crippen molar-refractivity contribution >= 4 is 33.2 Å². The molecule has 4 heterocycles. The highest BCUT2D eigenvalue weighted by molar-refractivity contribution is 7.15. The molecule has 3 aromatic heterocycles. The number of rotatable bonds is 3. The summed E-state index contributed by atoms with van der Waals surface area (Å²) in [6, 6.07) is 8.04. The third kappa shape index (κ3) is 2.50. The number of fused-ring (bicyclic) bond motifs is 2. The molecule has 0 spiro atoms. The van der Waals surface area contributed by atoms with Crippen LogP contribution in [0.3, 0.4) is 0 Å². The Hall–Kier alpha value is -2.67. The lowest BCUT2D eigenvalue weighted by atomic mass is 10.2. The van der Waals surface area contributed by atoms with Gasteiger partial charge in [-0.15, -0.1) is 11.3 Å². The van der Waals surface area contributed by atoms with Crippen LogP contribution in [0, 0.1) is 6.92 Å². The molecule has 7 heteroatoms. The smallest absolute Gasteiger partial charge is 0.229 e. The van der Waals surface area contributed by atoms with Gasteiger partial charge in [-0.3, -0.25) is 9.20 Å². The maximum Gasteiger partial charge on any atom is 0.229 e. The number of aromatic amines is 1. The van der Waals surface area contributed by atoms with E-state index in [4.69, 9.17) is 4.98 Å². The van der Waals surface area contributed by atoms with Crippen molar-refractivity contribution < 1.29 is 4.79 Å². The van der Waals surface area contributed by atoms with Crippen molar-refractivity contribution in [3.8, 4) is 0 Å². The molecule has 1 aliphatic rings. The molecule has 0 bridgehead atoms. The Bertz CT molecular complexity index is 1070. The van der Waals surface area contributed by atoms with Gasteiger partial charge in [0.1, 0.15) is 5.82 Å². The van der Waals surface area contributed by atoms with Crippen molar-refractivity contribution in [3.05, 3.63) is 53.1 Å². The lowest BCUT2D eigenvalue weighted by Crippen LogP contribution is -2.32. The number of H-pyrrole nitrogens is 1. The average molecular weight is 365 g/mol. The second kappa shape index (κ2) is 5.95. The minimum Gasteiger partial charge on any atom is -0.340 e. The second-order valence-electron chi connectivity index (χ2n) is 6.82. The summed E-state index contributed by atoms with van der Waals surface area (Å²) in [6.07, 6.45) is 4.35. The Morgan fingerprint density at radius 3 is 3.12 bits per heavy atom. The van der Waals surface area contributed by atoms with Gasteiger partial charge in [-0.1, -0.05) is 12.1 Å². The molecule has 26 heavy (non-hydrogen) atoms. The Balaban J connectivity index is 1.41. The third-order valence-corrected chi connectivity index (χ3v) is 5.92. The molecule has 1 aliphatic heterocycles. The highest BCUT2D eigenvalue weighted by Gasteiger charge is 2.32. The third-order valence-electron chi connectivity index (χ3n) is 5.03. The van der Waals surface area contributed by atoms with Crippen LogP contribution in [0.4, 0.5) is 0 Å². The van der Waals surface area contributed by atoms with Gasteiger partial charge in [0, 0.05) is 23.8 Å². The number of hydrogen-bond acceptors (Lipinski definition) is 4. The van der Waals surface area contributed by atoms with E-state index < -0.39 is 0 Å². The van der Waals surface area contributed by atoms with Crippen LogP contribution in [0.25, 0.3) is 16.0 Å². The van der Waals surface area contributed by atoms with Gasteiger partial charge in [0.2, 0.25) is 5.91 Å². The Morgan fingerprint density at radius 1 is 1.35 bits per heavy atom. The largest absolute Gasteiger partial charge is 0.340 e. The fourth-order valence-electron chi connectivity index (χ4n) is 3.81. The van der Waals surface area contributed by atoms with E-state index in [1.54, 1.807) is 11.3 Å². The van der Waals surface area contributed by atoms with Gasteiger partial charge in [-0.05, 0) is 31.9 Å². The zero-order chi connectivity index (χ0) is 17.7. The number of nitrogens with one attached hydrogen (secondary N) is 1. The lowest BCUT2D eigenvalue weighted by Gasteiger charge is -2.23. The molecule has 1 amide bonds. The van der Waals surface area contributed by atoms with Crippen LogP contribution in [0.1, 0.15) is 36.1 Å². The van der Waals surface area contributed by atoms with Gasteiger partial charge in [-0.2, -0.15) is 0 Å². The first-order valence-electron chi connectivity index (χ1n) is 8.85. The second-order valence-corrected chi connectivity index (χ2v) is 7.66. The van der Waals surface area contributed by atoms with Crippen molar-refractivity contribution in [2.24, 2.45) is 0 Å². The van der Waals surface area contributed by atoms with Gasteiger partial charge in [0.15, 0.2) is 4.96 Å². The van der Waals surface area contributed by atoms with E-state index in [9.17, 15) is 4.79 Å². The van der Waals surface area contributed by atoms with Crippen LogP contribution in [0.2, 0.25) is 0 Å². The normalized spacial score (nSPS) is 17.6.